The molecule has 1 rings (SSSR count). The number of hydrogen-bond donors (Lipinski definition) is 0. The van der Waals surface area contributed by atoms with E-state index < -0.39 is 23.6 Å². The second kappa shape index (κ2) is 6.49. The summed E-state index contributed by atoms with van der Waals surface area (Å²) in [6.07, 6.45) is 0. The van der Waals surface area contributed by atoms with Crippen LogP contribution in [0.1, 0.15) is 10.4 Å². The number of Topliss-reactive ketones (excluding diaryl/α,β-unsaturated/α-hetero) is 1. The monoisotopic (exact) mass is 305 g/mol. The average Bonchev–Trinajstić information content (AvgIpc) is 2.37. The van der Waals surface area contributed by atoms with Gasteiger partial charge in [0.05, 0.1) is 14.2 Å². The molecule has 0 saturated carbocycles. The maximum absolute atomic E-state index is 12.1. The van der Waals surface area contributed by atoms with Crippen molar-refractivity contribution in [3.8, 4) is 0 Å². The zero-order valence-electron chi connectivity index (χ0n) is 9.98. The molecule has 0 atom stereocenters. The molecule has 102 valence electrons. The molecule has 0 amide bonds. The number of pyridine rings is 1. The van der Waals surface area contributed by atoms with Gasteiger partial charge in [-0.15, -0.1) is 0 Å². The van der Waals surface area contributed by atoms with Gasteiger partial charge in [0.2, 0.25) is 5.92 Å². The standard InChI is InChI=1S/C11H9Cl2NO5/c1-18-10(16)8(11(17)19-2)9(15)5-3-6(12)14-7(13)4-5/h3-4,8H,1-2H3. The summed E-state index contributed by atoms with van der Waals surface area (Å²) in [6, 6.07) is 2.38. The van der Waals surface area contributed by atoms with Gasteiger partial charge in [-0.05, 0) is 12.1 Å². The maximum Gasteiger partial charge on any atom is 0.328 e. The molecule has 0 N–H and O–H groups in total. The second-order valence-corrected chi connectivity index (χ2v) is 4.12. The van der Waals surface area contributed by atoms with Crippen molar-refractivity contribution < 1.29 is 23.9 Å². The summed E-state index contributed by atoms with van der Waals surface area (Å²) in [5.74, 6) is -4.60. The van der Waals surface area contributed by atoms with Crippen LogP contribution in [-0.2, 0) is 19.1 Å². The van der Waals surface area contributed by atoms with Crippen molar-refractivity contribution in [1.29, 1.82) is 0 Å². The molecule has 1 aromatic rings. The Balaban J connectivity index is 3.19. The molecule has 0 aliphatic rings. The second-order valence-electron chi connectivity index (χ2n) is 3.34. The van der Waals surface area contributed by atoms with Crippen molar-refractivity contribution >= 4 is 40.9 Å². The van der Waals surface area contributed by atoms with E-state index in [9.17, 15) is 14.4 Å². The van der Waals surface area contributed by atoms with Crippen LogP contribution in [0.15, 0.2) is 12.1 Å². The molecule has 19 heavy (non-hydrogen) atoms. The summed E-state index contributed by atoms with van der Waals surface area (Å²) >= 11 is 11.3. The Hall–Kier alpha value is -1.66. The smallest absolute Gasteiger partial charge is 0.328 e. The third kappa shape index (κ3) is 3.65. The fourth-order valence-corrected chi connectivity index (χ4v) is 1.78. The average molecular weight is 306 g/mol. The molecule has 0 aliphatic carbocycles. The fourth-order valence-electron chi connectivity index (χ4n) is 1.32. The number of esters is 2. The van der Waals surface area contributed by atoms with E-state index in [1.807, 2.05) is 0 Å². The van der Waals surface area contributed by atoms with Crippen molar-refractivity contribution in [2.75, 3.05) is 14.2 Å². The van der Waals surface area contributed by atoms with Gasteiger partial charge >= 0.3 is 11.9 Å². The van der Waals surface area contributed by atoms with Gasteiger partial charge in [-0.1, -0.05) is 23.2 Å². The Morgan fingerprint density at radius 3 is 1.84 bits per heavy atom. The summed E-state index contributed by atoms with van der Waals surface area (Å²) in [5.41, 5.74) is -0.0363. The lowest BCUT2D eigenvalue weighted by Crippen LogP contribution is -2.33. The van der Waals surface area contributed by atoms with Crippen LogP contribution in [0.4, 0.5) is 0 Å². The van der Waals surface area contributed by atoms with Crippen LogP contribution in [0.25, 0.3) is 0 Å². The number of carbonyl (C=O) groups excluding carboxylic acids is 3. The molecule has 6 nitrogen and oxygen atoms in total. The predicted molar refractivity (Wildman–Crippen MR) is 66.1 cm³/mol. The molecule has 0 radical (unpaired) electrons. The maximum atomic E-state index is 12.1. The van der Waals surface area contributed by atoms with Crippen LogP contribution in [0.2, 0.25) is 10.3 Å². The molecule has 0 spiro atoms. The SMILES string of the molecule is COC(=O)C(C(=O)OC)C(=O)c1cc(Cl)nc(Cl)c1. The number of carbonyl (C=O) groups is 3. The molecule has 0 saturated heterocycles. The zero-order chi connectivity index (χ0) is 14.6. The lowest BCUT2D eigenvalue weighted by molar-refractivity contribution is -0.155. The van der Waals surface area contributed by atoms with E-state index in [1.165, 1.54) is 12.1 Å². The van der Waals surface area contributed by atoms with Gasteiger partial charge in [0, 0.05) is 5.56 Å². The van der Waals surface area contributed by atoms with Gasteiger partial charge in [0.1, 0.15) is 10.3 Å². The summed E-state index contributed by atoms with van der Waals surface area (Å²) in [7, 11) is 2.11. The van der Waals surface area contributed by atoms with E-state index in [2.05, 4.69) is 14.5 Å². The Morgan fingerprint density at radius 1 is 1.05 bits per heavy atom. The minimum atomic E-state index is -1.72. The highest BCUT2D eigenvalue weighted by atomic mass is 35.5. The highest BCUT2D eigenvalue weighted by Crippen LogP contribution is 2.19. The fraction of sp³-hybridized carbons (Fsp3) is 0.273. The minimum absolute atomic E-state index is 0.0363. The zero-order valence-corrected chi connectivity index (χ0v) is 11.5. The molecular weight excluding hydrogens is 297 g/mol. The minimum Gasteiger partial charge on any atom is -0.468 e. The number of hydrogen-bond acceptors (Lipinski definition) is 6. The van der Waals surface area contributed by atoms with Crippen molar-refractivity contribution in [3.63, 3.8) is 0 Å². The van der Waals surface area contributed by atoms with E-state index in [1.54, 1.807) is 0 Å². The van der Waals surface area contributed by atoms with Crippen molar-refractivity contribution in [2.45, 2.75) is 0 Å². The first-order valence-electron chi connectivity index (χ1n) is 4.93. The summed E-state index contributed by atoms with van der Waals surface area (Å²) in [6.45, 7) is 0. The van der Waals surface area contributed by atoms with Crippen LogP contribution < -0.4 is 0 Å². The van der Waals surface area contributed by atoms with E-state index in [0.717, 1.165) is 14.2 Å². The van der Waals surface area contributed by atoms with Gasteiger partial charge in [0.15, 0.2) is 5.78 Å². The topological polar surface area (TPSA) is 82.6 Å². The number of rotatable bonds is 4. The molecule has 1 heterocycles. The first-order chi connectivity index (χ1) is 8.90. The van der Waals surface area contributed by atoms with E-state index in [-0.39, 0.29) is 15.9 Å². The molecule has 0 unspecified atom stereocenters. The Morgan fingerprint density at radius 2 is 1.47 bits per heavy atom. The summed E-state index contributed by atoms with van der Waals surface area (Å²) in [5, 5.41) is -0.0753. The summed E-state index contributed by atoms with van der Waals surface area (Å²) in [4.78, 5) is 38.7. The van der Waals surface area contributed by atoms with E-state index >= 15 is 0 Å². The van der Waals surface area contributed by atoms with Gasteiger partial charge in [-0.3, -0.25) is 14.4 Å². The third-order valence-corrected chi connectivity index (χ3v) is 2.57. The van der Waals surface area contributed by atoms with Crippen molar-refractivity contribution in [3.05, 3.63) is 28.0 Å². The molecular formula is C11H9Cl2NO5. The van der Waals surface area contributed by atoms with Crippen LogP contribution >= 0.6 is 23.2 Å². The lowest BCUT2D eigenvalue weighted by atomic mass is 9.98. The Kier molecular flexibility index (Phi) is 5.26. The van der Waals surface area contributed by atoms with Crippen LogP contribution in [0.5, 0.6) is 0 Å². The molecule has 0 fully saturated rings. The number of ketones is 1. The number of ether oxygens (including phenoxy) is 2. The molecule has 0 aromatic carbocycles. The highest BCUT2D eigenvalue weighted by Gasteiger charge is 2.37. The molecule has 8 heteroatoms. The predicted octanol–water partition coefficient (Wildman–Crippen LogP) is 1.53. The quantitative estimate of drug-likeness (QED) is 0.363. The first kappa shape index (κ1) is 15.4. The summed E-state index contributed by atoms with van der Waals surface area (Å²) < 4.78 is 8.79. The van der Waals surface area contributed by atoms with Gasteiger partial charge < -0.3 is 9.47 Å². The Bertz CT molecular complexity index is 496. The van der Waals surface area contributed by atoms with E-state index in [4.69, 9.17) is 23.2 Å². The van der Waals surface area contributed by atoms with Gasteiger partial charge in [-0.2, -0.15) is 0 Å². The van der Waals surface area contributed by atoms with Gasteiger partial charge in [0.25, 0.3) is 0 Å². The largest absolute Gasteiger partial charge is 0.468 e. The van der Waals surface area contributed by atoms with Crippen molar-refractivity contribution in [1.82, 2.24) is 4.98 Å². The lowest BCUT2D eigenvalue weighted by Gasteiger charge is -2.11. The third-order valence-electron chi connectivity index (χ3n) is 2.18. The van der Waals surface area contributed by atoms with Crippen LogP contribution in [-0.4, -0.2) is 36.9 Å². The Labute approximate surface area is 118 Å². The number of aromatic nitrogens is 1. The van der Waals surface area contributed by atoms with Crippen molar-refractivity contribution in [2.24, 2.45) is 5.92 Å². The molecule has 0 aliphatic heterocycles. The number of halogens is 2. The van der Waals surface area contributed by atoms with Crippen LogP contribution in [0.3, 0.4) is 0 Å². The number of nitrogens with zero attached hydrogens (tertiary/aromatic N) is 1. The molecule has 1 aromatic heterocycles. The normalized spacial score (nSPS) is 10.2. The van der Waals surface area contributed by atoms with Gasteiger partial charge in [-0.25, -0.2) is 4.98 Å². The van der Waals surface area contributed by atoms with E-state index in [0.29, 0.717) is 0 Å². The first-order valence-corrected chi connectivity index (χ1v) is 5.69. The highest BCUT2D eigenvalue weighted by molar-refractivity contribution is 6.33. The molecule has 0 bridgehead atoms. The number of methoxy groups -OCH3 is 2. The van der Waals surface area contributed by atoms with Crippen LogP contribution in [0, 0.1) is 5.92 Å².